The second kappa shape index (κ2) is 12.5. The summed E-state index contributed by atoms with van der Waals surface area (Å²) in [5.41, 5.74) is -3.19. The third-order valence-electron chi connectivity index (χ3n) is 3.88. The smallest absolute Gasteiger partial charge is 0.345 e. The molecule has 0 fully saturated rings. The van der Waals surface area contributed by atoms with Crippen LogP contribution in [0.2, 0.25) is 0 Å². The first-order chi connectivity index (χ1) is 14.1. The lowest BCUT2D eigenvalue weighted by atomic mass is 10.3. The van der Waals surface area contributed by atoms with E-state index < -0.39 is 15.5 Å². The van der Waals surface area contributed by atoms with E-state index >= 15 is 0 Å². The average molecular weight is 474 g/mol. The van der Waals surface area contributed by atoms with E-state index in [0.717, 1.165) is 0 Å². The topological polar surface area (TPSA) is 108 Å². The number of nitro groups is 2. The molecule has 0 bridgehead atoms. The number of nitro benzene ring substituents is 2. The molecule has 0 aliphatic rings. The molecule has 164 valence electrons. The fraction of sp³-hybridized carbons (Fsp3) is 0.333. The molecule has 0 aromatic heterocycles. The van der Waals surface area contributed by atoms with Crippen molar-refractivity contribution in [2.24, 2.45) is 0 Å². The molecule has 0 atom stereocenters. The second-order valence-corrected chi connectivity index (χ2v) is 10.9. The van der Waals surface area contributed by atoms with Crippen LogP contribution in [0.25, 0.3) is 0 Å². The second-order valence-electron chi connectivity index (χ2n) is 5.77. The first kappa shape index (κ1) is 25.8. The number of non-ortho nitro benzene ring substituents is 2. The fourth-order valence-electron chi connectivity index (χ4n) is 2.21. The predicted octanol–water partition coefficient (Wildman–Crippen LogP) is 5.46. The molecule has 0 N–H and O–H groups in total. The Bertz CT molecular complexity index is 807. The lowest BCUT2D eigenvalue weighted by Crippen LogP contribution is -2.21. The minimum atomic E-state index is -3.03. The van der Waals surface area contributed by atoms with Gasteiger partial charge in [0.25, 0.3) is 11.4 Å². The highest BCUT2D eigenvalue weighted by Crippen LogP contribution is 2.53. The maximum Gasteiger partial charge on any atom is 0.345 e. The van der Waals surface area contributed by atoms with Crippen LogP contribution in [0.3, 0.4) is 0 Å². The summed E-state index contributed by atoms with van der Waals surface area (Å²) in [5, 5.41) is 21.2. The summed E-state index contributed by atoms with van der Waals surface area (Å²) in [6.07, 6.45) is 0. The number of hydrogen-bond donors (Lipinski definition) is 1. The van der Waals surface area contributed by atoms with Gasteiger partial charge in [0.15, 0.2) is 0 Å². The minimum absolute atomic E-state index is 0.0823. The van der Waals surface area contributed by atoms with Crippen molar-refractivity contribution in [2.75, 3.05) is 19.6 Å². The molecule has 0 saturated heterocycles. The molecular weight excluding hydrogens is 449 g/mol. The Morgan fingerprint density at radius 3 is 1.33 bits per heavy atom. The first-order valence-corrected chi connectivity index (χ1v) is 12.8. The van der Waals surface area contributed by atoms with Gasteiger partial charge in [-0.05, 0) is 55.7 Å². The number of nitrogens with zero attached hydrogens (tertiary/aromatic N) is 3. The molecule has 0 spiro atoms. The Labute approximate surface area is 185 Å². The maximum atomic E-state index is 10.6. The van der Waals surface area contributed by atoms with Crippen molar-refractivity contribution in [3.63, 3.8) is 0 Å². The number of thiol groups is 1. The van der Waals surface area contributed by atoms with Crippen LogP contribution in [-0.2, 0) is 11.8 Å². The molecule has 2 aromatic rings. The van der Waals surface area contributed by atoms with E-state index in [9.17, 15) is 20.2 Å². The van der Waals surface area contributed by atoms with E-state index in [4.69, 9.17) is 20.9 Å². The number of hydrogen-bond acceptors (Lipinski definition) is 8. The van der Waals surface area contributed by atoms with Crippen LogP contribution in [0.5, 0.6) is 11.5 Å². The Morgan fingerprint density at radius 1 is 0.833 bits per heavy atom. The number of rotatable bonds is 9. The van der Waals surface area contributed by atoms with Crippen molar-refractivity contribution in [3.8, 4) is 11.5 Å². The lowest BCUT2D eigenvalue weighted by Gasteiger charge is -2.18. The Hall–Kier alpha value is -2.20. The van der Waals surface area contributed by atoms with Crippen LogP contribution >= 0.6 is 17.9 Å². The van der Waals surface area contributed by atoms with Crippen molar-refractivity contribution >= 4 is 41.1 Å². The summed E-state index contributed by atoms with van der Waals surface area (Å²) < 4.78 is 10.9. The fourth-order valence-corrected chi connectivity index (χ4v) is 4.11. The normalized spacial score (nSPS) is 10.7. The van der Waals surface area contributed by atoms with E-state index in [2.05, 4.69) is 37.9 Å². The molecule has 0 aliphatic carbocycles. The molecule has 0 heterocycles. The Balaban J connectivity index is 0.000000553. The zero-order valence-corrected chi connectivity index (χ0v) is 19.4. The highest BCUT2D eigenvalue weighted by atomic mass is 32.9. The largest absolute Gasteiger partial charge is 0.428 e. The van der Waals surface area contributed by atoms with Gasteiger partial charge in [-0.2, -0.15) is 0 Å². The zero-order valence-electron chi connectivity index (χ0n) is 16.8. The summed E-state index contributed by atoms with van der Waals surface area (Å²) >= 11 is 9.30. The Kier molecular flexibility index (Phi) is 10.8. The van der Waals surface area contributed by atoms with Gasteiger partial charge >= 0.3 is 5.69 Å². The first-order valence-electron chi connectivity index (χ1n) is 9.05. The molecule has 0 unspecified atom stereocenters. The summed E-state index contributed by atoms with van der Waals surface area (Å²) in [6, 6.07) is 10.6. The molecule has 0 radical (unpaired) electrons. The van der Waals surface area contributed by atoms with Gasteiger partial charge in [0.1, 0.15) is 11.5 Å². The standard InChI is InChI=1S/C12H9N2O6PS2.C6H15N/c15-13(16)9-1-5-11(6-2-9)19-21(22,23)20-12-7-3-10(4-8-12)14(17)18;1-4-7(5-2)6-3/h1-8H,(H,22,23);4-6H2,1-3H3. The van der Waals surface area contributed by atoms with Gasteiger partial charge in [-0.15, -0.1) is 0 Å². The van der Waals surface area contributed by atoms with Crippen LogP contribution in [0.1, 0.15) is 20.8 Å². The molecule has 9 nitrogen and oxygen atoms in total. The summed E-state index contributed by atoms with van der Waals surface area (Å²) in [6.45, 7) is 10.1. The van der Waals surface area contributed by atoms with Crippen molar-refractivity contribution in [1.29, 1.82) is 0 Å². The van der Waals surface area contributed by atoms with Gasteiger partial charge in [0.05, 0.1) is 9.85 Å². The third kappa shape index (κ3) is 9.08. The van der Waals surface area contributed by atoms with Crippen LogP contribution in [0.4, 0.5) is 11.4 Å². The minimum Gasteiger partial charge on any atom is -0.428 e. The summed E-state index contributed by atoms with van der Waals surface area (Å²) in [5.74, 6) is 0.548. The SMILES string of the molecule is CCN(CC)CC.O=[N+]([O-])c1ccc(OP(=S)(S)Oc2ccc([N+](=O)[O-])cc2)cc1. The van der Waals surface area contributed by atoms with Crippen LogP contribution < -0.4 is 9.05 Å². The van der Waals surface area contributed by atoms with E-state index in [1.165, 1.54) is 68.2 Å². The van der Waals surface area contributed by atoms with E-state index in [1.54, 1.807) is 0 Å². The van der Waals surface area contributed by atoms with Crippen molar-refractivity contribution < 1.29 is 18.9 Å². The molecule has 0 amide bonds. The average Bonchev–Trinajstić information content (AvgIpc) is 2.70. The van der Waals surface area contributed by atoms with Gasteiger partial charge in [0.2, 0.25) is 0 Å². The van der Waals surface area contributed by atoms with Gasteiger partial charge in [-0.3, -0.25) is 20.2 Å². The molecule has 2 aromatic carbocycles. The third-order valence-corrected chi connectivity index (χ3v) is 5.70. The van der Waals surface area contributed by atoms with Gasteiger partial charge in [-0.1, -0.05) is 33.0 Å². The molecule has 0 aliphatic heterocycles. The van der Waals surface area contributed by atoms with Gasteiger partial charge in [-0.25, -0.2) is 0 Å². The monoisotopic (exact) mass is 473 g/mol. The van der Waals surface area contributed by atoms with Crippen LogP contribution in [0.15, 0.2) is 48.5 Å². The molecule has 12 heteroatoms. The van der Waals surface area contributed by atoms with Crippen LogP contribution in [0, 0.1) is 20.2 Å². The quantitative estimate of drug-likeness (QED) is 0.221. The van der Waals surface area contributed by atoms with Crippen molar-refractivity contribution in [3.05, 3.63) is 68.8 Å². The Morgan fingerprint density at radius 2 is 1.13 bits per heavy atom. The number of benzene rings is 2. The predicted molar refractivity (Wildman–Crippen MR) is 124 cm³/mol. The maximum absolute atomic E-state index is 10.6. The summed E-state index contributed by atoms with van der Waals surface area (Å²) in [4.78, 5) is 22.5. The molecule has 30 heavy (non-hydrogen) atoms. The zero-order chi connectivity index (χ0) is 22.7. The summed E-state index contributed by atoms with van der Waals surface area (Å²) in [7, 11) is 0. The van der Waals surface area contributed by atoms with Crippen LogP contribution in [-0.4, -0.2) is 34.4 Å². The van der Waals surface area contributed by atoms with Gasteiger partial charge < -0.3 is 13.9 Å². The van der Waals surface area contributed by atoms with Crippen molar-refractivity contribution in [1.82, 2.24) is 4.90 Å². The van der Waals surface area contributed by atoms with E-state index in [0.29, 0.717) is 0 Å². The van der Waals surface area contributed by atoms with Crippen molar-refractivity contribution in [2.45, 2.75) is 20.8 Å². The molecular formula is C18H24N3O6PS2. The highest BCUT2D eigenvalue weighted by Gasteiger charge is 2.18. The molecule has 2 rings (SSSR count). The molecule has 0 saturated carbocycles. The lowest BCUT2D eigenvalue weighted by molar-refractivity contribution is -0.385. The highest BCUT2D eigenvalue weighted by molar-refractivity contribution is 8.60. The van der Waals surface area contributed by atoms with E-state index in [1.807, 2.05) is 0 Å². The van der Waals surface area contributed by atoms with Gasteiger partial charge in [0, 0.05) is 24.3 Å². The van der Waals surface area contributed by atoms with E-state index in [-0.39, 0.29) is 22.9 Å².